The van der Waals surface area contributed by atoms with Crippen LogP contribution in [0.25, 0.3) is 6.08 Å². The van der Waals surface area contributed by atoms with E-state index in [9.17, 15) is 18.4 Å². The zero-order chi connectivity index (χ0) is 23.0. The lowest BCUT2D eigenvalue weighted by Gasteiger charge is -2.19. The first-order valence-corrected chi connectivity index (χ1v) is 9.35. The van der Waals surface area contributed by atoms with Crippen LogP contribution < -0.4 is 19.5 Å². The molecule has 0 unspecified atom stereocenters. The van der Waals surface area contributed by atoms with Crippen molar-refractivity contribution in [2.75, 3.05) is 39.7 Å². The highest BCUT2D eigenvalue weighted by Crippen LogP contribution is 2.38. The van der Waals surface area contributed by atoms with E-state index < -0.39 is 29.1 Å². The van der Waals surface area contributed by atoms with Gasteiger partial charge in [0, 0.05) is 12.6 Å². The average Bonchev–Trinajstić information content (AvgIpc) is 2.77. The number of anilines is 1. The highest BCUT2D eigenvalue weighted by molar-refractivity contribution is 5.98. The Morgan fingerprint density at radius 1 is 1.03 bits per heavy atom. The van der Waals surface area contributed by atoms with Crippen LogP contribution in [0.5, 0.6) is 17.2 Å². The van der Waals surface area contributed by atoms with Crippen molar-refractivity contribution < 1.29 is 32.6 Å². The predicted molar refractivity (Wildman–Crippen MR) is 112 cm³/mol. The van der Waals surface area contributed by atoms with Crippen molar-refractivity contribution in [3.05, 3.63) is 53.6 Å². The van der Waals surface area contributed by atoms with E-state index in [1.165, 1.54) is 44.4 Å². The topological polar surface area (TPSA) is 77.1 Å². The standard InChI is InChI=1S/C22H24F2N2O5/c1-5-26(13-19(27)25-21-15(23)7-6-8-16(21)24)20(28)10-9-14-11-17(29-2)22(31-4)18(12-14)30-3/h6-12H,5,13H2,1-4H3,(H,25,27)/b10-9+. The minimum atomic E-state index is -0.898. The molecule has 31 heavy (non-hydrogen) atoms. The Hall–Kier alpha value is -3.62. The number of nitrogens with zero attached hydrogens (tertiary/aromatic N) is 1. The van der Waals surface area contributed by atoms with E-state index in [4.69, 9.17) is 14.2 Å². The van der Waals surface area contributed by atoms with Gasteiger partial charge in [-0.05, 0) is 42.8 Å². The molecule has 0 aliphatic heterocycles. The molecule has 0 heterocycles. The molecule has 0 fully saturated rings. The summed E-state index contributed by atoms with van der Waals surface area (Å²) in [5, 5.41) is 2.16. The number of carbonyl (C=O) groups excluding carboxylic acids is 2. The van der Waals surface area contributed by atoms with Gasteiger partial charge in [0.15, 0.2) is 11.5 Å². The number of carbonyl (C=O) groups is 2. The summed E-state index contributed by atoms with van der Waals surface area (Å²) in [6.45, 7) is 1.52. The third-order valence-corrected chi connectivity index (χ3v) is 4.36. The molecule has 2 aromatic rings. The molecular formula is C22H24F2N2O5. The zero-order valence-corrected chi connectivity index (χ0v) is 17.7. The Labute approximate surface area is 179 Å². The SMILES string of the molecule is CCN(CC(=O)Nc1c(F)cccc1F)C(=O)/C=C/c1cc(OC)c(OC)c(OC)c1. The second kappa shape index (κ2) is 11.0. The Bertz CT molecular complexity index is 933. The van der Waals surface area contributed by atoms with Crippen molar-refractivity contribution >= 4 is 23.6 Å². The largest absolute Gasteiger partial charge is 0.493 e. The molecule has 0 aliphatic carbocycles. The van der Waals surface area contributed by atoms with Gasteiger partial charge in [-0.3, -0.25) is 9.59 Å². The average molecular weight is 434 g/mol. The Morgan fingerprint density at radius 3 is 2.10 bits per heavy atom. The van der Waals surface area contributed by atoms with E-state index in [1.807, 2.05) is 0 Å². The fraction of sp³-hybridized carbons (Fsp3) is 0.273. The first kappa shape index (κ1) is 23.7. The number of hydrogen-bond acceptors (Lipinski definition) is 5. The molecule has 0 aliphatic rings. The molecule has 2 aromatic carbocycles. The van der Waals surface area contributed by atoms with Crippen LogP contribution in [0.1, 0.15) is 12.5 Å². The highest BCUT2D eigenvalue weighted by atomic mass is 19.1. The highest BCUT2D eigenvalue weighted by Gasteiger charge is 2.17. The lowest BCUT2D eigenvalue weighted by molar-refractivity contribution is -0.130. The van der Waals surface area contributed by atoms with Gasteiger partial charge in [-0.2, -0.15) is 0 Å². The second-order valence-electron chi connectivity index (χ2n) is 6.29. The number of hydrogen-bond donors (Lipinski definition) is 1. The van der Waals surface area contributed by atoms with Crippen molar-refractivity contribution in [2.45, 2.75) is 6.92 Å². The normalized spacial score (nSPS) is 10.6. The van der Waals surface area contributed by atoms with E-state index in [0.717, 1.165) is 12.1 Å². The number of amides is 2. The molecule has 0 saturated carbocycles. The van der Waals surface area contributed by atoms with Crippen LogP contribution in [-0.2, 0) is 9.59 Å². The third kappa shape index (κ3) is 5.94. The van der Waals surface area contributed by atoms with Crippen LogP contribution in [0, 0.1) is 11.6 Å². The summed E-state index contributed by atoms with van der Waals surface area (Å²) in [5.74, 6) is -1.71. The number of rotatable bonds is 9. The molecule has 0 bridgehead atoms. The van der Waals surface area contributed by atoms with E-state index in [2.05, 4.69) is 5.32 Å². The minimum absolute atomic E-state index is 0.214. The van der Waals surface area contributed by atoms with Gasteiger partial charge in [0.05, 0.1) is 21.3 Å². The Morgan fingerprint density at radius 2 is 1.61 bits per heavy atom. The number of methoxy groups -OCH3 is 3. The zero-order valence-electron chi connectivity index (χ0n) is 17.7. The molecule has 2 rings (SSSR count). The number of nitrogens with one attached hydrogen (secondary N) is 1. The fourth-order valence-corrected chi connectivity index (χ4v) is 2.79. The number of halogens is 2. The van der Waals surface area contributed by atoms with E-state index in [1.54, 1.807) is 19.1 Å². The van der Waals surface area contributed by atoms with Gasteiger partial charge in [-0.1, -0.05) is 6.07 Å². The summed E-state index contributed by atoms with van der Waals surface area (Å²) < 4.78 is 43.2. The summed E-state index contributed by atoms with van der Waals surface area (Å²) in [7, 11) is 4.44. The number of para-hydroxylation sites is 1. The Balaban J connectivity index is 2.12. The lowest BCUT2D eigenvalue weighted by Crippen LogP contribution is -2.37. The monoisotopic (exact) mass is 434 g/mol. The maximum Gasteiger partial charge on any atom is 0.247 e. The summed E-state index contributed by atoms with van der Waals surface area (Å²) in [5.41, 5.74) is 0.0562. The lowest BCUT2D eigenvalue weighted by atomic mass is 10.1. The minimum Gasteiger partial charge on any atom is -0.493 e. The van der Waals surface area contributed by atoms with E-state index >= 15 is 0 Å². The first-order valence-electron chi connectivity index (χ1n) is 9.35. The summed E-state index contributed by atoms with van der Waals surface area (Å²) in [6, 6.07) is 6.57. The van der Waals surface area contributed by atoms with Crippen LogP contribution in [-0.4, -0.2) is 51.1 Å². The maximum absolute atomic E-state index is 13.7. The molecule has 0 aromatic heterocycles. The van der Waals surface area contributed by atoms with Crippen molar-refractivity contribution in [1.29, 1.82) is 0 Å². The van der Waals surface area contributed by atoms with Gasteiger partial charge >= 0.3 is 0 Å². The quantitative estimate of drug-likeness (QED) is 0.612. The van der Waals surface area contributed by atoms with Gasteiger partial charge in [-0.15, -0.1) is 0 Å². The van der Waals surface area contributed by atoms with Crippen molar-refractivity contribution in [1.82, 2.24) is 4.90 Å². The van der Waals surface area contributed by atoms with Crippen LogP contribution in [0.15, 0.2) is 36.4 Å². The Kier molecular flexibility index (Phi) is 8.36. The fourth-order valence-electron chi connectivity index (χ4n) is 2.79. The molecule has 9 heteroatoms. The summed E-state index contributed by atoms with van der Waals surface area (Å²) in [6.07, 6.45) is 2.81. The number of likely N-dealkylation sites (N-methyl/N-ethyl adjacent to an activating group) is 1. The van der Waals surface area contributed by atoms with E-state index in [0.29, 0.717) is 22.8 Å². The molecule has 166 valence electrons. The molecule has 0 atom stereocenters. The van der Waals surface area contributed by atoms with Crippen LogP contribution >= 0.6 is 0 Å². The third-order valence-electron chi connectivity index (χ3n) is 4.36. The van der Waals surface area contributed by atoms with Gasteiger partial charge in [0.25, 0.3) is 0 Å². The van der Waals surface area contributed by atoms with Crippen LogP contribution in [0.2, 0.25) is 0 Å². The van der Waals surface area contributed by atoms with Crippen molar-refractivity contribution in [3.63, 3.8) is 0 Å². The molecule has 2 amide bonds. The number of benzene rings is 2. The van der Waals surface area contributed by atoms with E-state index in [-0.39, 0.29) is 13.1 Å². The molecule has 0 spiro atoms. The predicted octanol–water partition coefficient (Wildman–Crippen LogP) is 3.49. The van der Waals surface area contributed by atoms with Crippen molar-refractivity contribution in [2.24, 2.45) is 0 Å². The molecule has 0 saturated heterocycles. The molecule has 0 radical (unpaired) electrons. The maximum atomic E-state index is 13.7. The molecular weight excluding hydrogens is 410 g/mol. The molecule has 7 nitrogen and oxygen atoms in total. The van der Waals surface area contributed by atoms with Crippen LogP contribution in [0.3, 0.4) is 0 Å². The van der Waals surface area contributed by atoms with Gasteiger partial charge in [0.1, 0.15) is 23.9 Å². The summed E-state index contributed by atoms with van der Waals surface area (Å²) >= 11 is 0. The van der Waals surface area contributed by atoms with Crippen LogP contribution in [0.4, 0.5) is 14.5 Å². The van der Waals surface area contributed by atoms with Gasteiger partial charge in [-0.25, -0.2) is 8.78 Å². The second-order valence-corrected chi connectivity index (χ2v) is 6.29. The first-order chi connectivity index (χ1) is 14.8. The van der Waals surface area contributed by atoms with Gasteiger partial charge in [0.2, 0.25) is 17.6 Å². The summed E-state index contributed by atoms with van der Waals surface area (Å²) in [4.78, 5) is 25.9. The molecule has 1 N–H and O–H groups in total. The van der Waals surface area contributed by atoms with Gasteiger partial charge < -0.3 is 24.4 Å². The smallest absolute Gasteiger partial charge is 0.247 e. The van der Waals surface area contributed by atoms with Crippen molar-refractivity contribution in [3.8, 4) is 17.2 Å². The number of ether oxygens (including phenoxy) is 3.